The fourth-order valence-corrected chi connectivity index (χ4v) is 1.49. The standard InChI is InChI=1S/C7H11N2OP/c1-6-4-7(9-8-5-6)11(2,3)10/h4-5H,1-3H3. The highest BCUT2D eigenvalue weighted by atomic mass is 31.2. The van der Waals surface area contributed by atoms with Gasteiger partial charge in [0.25, 0.3) is 0 Å². The first kappa shape index (κ1) is 8.41. The summed E-state index contributed by atoms with van der Waals surface area (Å²) in [6.45, 7) is 5.29. The van der Waals surface area contributed by atoms with Crippen molar-refractivity contribution in [2.45, 2.75) is 6.92 Å². The Labute approximate surface area is 66.2 Å². The Balaban J connectivity index is 3.17. The molecule has 3 nitrogen and oxygen atoms in total. The molecule has 0 aromatic carbocycles. The van der Waals surface area contributed by atoms with Gasteiger partial charge in [-0.05, 0) is 31.9 Å². The largest absolute Gasteiger partial charge is 0.318 e. The van der Waals surface area contributed by atoms with E-state index in [2.05, 4.69) is 10.2 Å². The minimum absolute atomic E-state index is 0.609. The van der Waals surface area contributed by atoms with Crippen molar-refractivity contribution in [1.82, 2.24) is 10.2 Å². The second kappa shape index (κ2) is 2.74. The Morgan fingerprint density at radius 3 is 2.45 bits per heavy atom. The van der Waals surface area contributed by atoms with Crippen molar-refractivity contribution in [2.75, 3.05) is 13.3 Å². The van der Waals surface area contributed by atoms with E-state index in [-0.39, 0.29) is 0 Å². The zero-order chi connectivity index (χ0) is 8.48. The molecule has 0 saturated heterocycles. The molecule has 0 N–H and O–H groups in total. The summed E-state index contributed by atoms with van der Waals surface area (Å²) in [6.07, 6.45) is 1.65. The molecular formula is C7H11N2OP. The lowest BCUT2D eigenvalue weighted by Crippen LogP contribution is -2.09. The van der Waals surface area contributed by atoms with Crippen LogP contribution in [0.1, 0.15) is 5.56 Å². The molecule has 0 aliphatic heterocycles. The summed E-state index contributed by atoms with van der Waals surface area (Å²) in [6, 6.07) is 1.81. The number of aryl methyl sites for hydroxylation is 1. The van der Waals surface area contributed by atoms with Gasteiger partial charge in [0.15, 0.2) is 0 Å². The number of rotatable bonds is 1. The lowest BCUT2D eigenvalue weighted by Gasteiger charge is -2.03. The molecule has 0 amide bonds. The van der Waals surface area contributed by atoms with Crippen LogP contribution >= 0.6 is 7.14 Å². The molecule has 0 aliphatic rings. The highest BCUT2D eigenvalue weighted by Crippen LogP contribution is 2.32. The monoisotopic (exact) mass is 170 g/mol. The van der Waals surface area contributed by atoms with E-state index in [1.165, 1.54) is 0 Å². The molecule has 0 bridgehead atoms. The zero-order valence-corrected chi connectivity index (χ0v) is 7.80. The third-order valence-corrected chi connectivity index (χ3v) is 2.65. The van der Waals surface area contributed by atoms with Crippen molar-refractivity contribution in [3.05, 3.63) is 17.8 Å². The molecule has 1 aromatic rings. The maximum Gasteiger partial charge on any atom is 0.129 e. The predicted octanol–water partition coefficient (Wildman–Crippen LogP) is 1.03. The van der Waals surface area contributed by atoms with Crippen molar-refractivity contribution in [3.63, 3.8) is 0 Å². The Morgan fingerprint density at radius 1 is 1.45 bits per heavy atom. The number of hydrogen-bond donors (Lipinski definition) is 0. The van der Waals surface area contributed by atoms with Crippen LogP contribution in [0.5, 0.6) is 0 Å². The van der Waals surface area contributed by atoms with Crippen LogP contribution in [0, 0.1) is 6.92 Å². The second-order valence-electron chi connectivity index (χ2n) is 2.94. The Bertz CT molecular complexity index is 305. The second-order valence-corrected chi connectivity index (χ2v) is 6.10. The number of aromatic nitrogens is 2. The summed E-state index contributed by atoms with van der Waals surface area (Å²) in [5.74, 6) is 0. The third-order valence-electron chi connectivity index (χ3n) is 1.33. The lowest BCUT2D eigenvalue weighted by atomic mass is 10.4. The smallest absolute Gasteiger partial charge is 0.129 e. The predicted molar refractivity (Wildman–Crippen MR) is 45.9 cm³/mol. The van der Waals surface area contributed by atoms with E-state index < -0.39 is 7.14 Å². The minimum atomic E-state index is -2.22. The van der Waals surface area contributed by atoms with Gasteiger partial charge in [-0.1, -0.05) is 0 Å². The van der Waals surface area contributed by atoms with Gasteiger partial charge in [0, 0.05) is 0 Å². The van der Waals surface area contributed by atoms with E-state index in [1.54, 1.807) is 19.5 Å². The highest BCUT2D eigenvalue weighted by molar-refractivity contribution is 7.69. The molecular weight excluding hydrogens is 159 g/mol. The molecule has 1 aromatic heterocycles. The van der Waals surface area contributed by atoms with E-state index in [1.807, 2.05) is 13.0 Å². The summed E-state index contributed by atoms with van der Waals surface area (Å²) in [7, 11) is -2.22. The van der Waals surface area contributed by atoms with Crippen LogP contribution in [0.25, 0.3) is 0 Å². The van der Waals surface area contributed by atoms with Crippen LogP contribution in [0.2, 0.25) is 0 Å². The molecule has 0 atom stereocenters. The molecule has 0 unspecified atom stereocenters. The van der Waals surface area contributed by atoms with Crippen molar-refractivity contribution in [1.29, 1.82) is 0 Å². The van der Waals surface area contributed by atoms with Gasteiger partial charge >= 0.3 is 0 Å². The Morgan fingerprint density at radius 2 is 2.09 bits per heavy atom. The highest BCUT2D eigenvalue weighted by Gasteiger charge is 2.12. The Kier molecular flexibility index (Phi) is 2.10. The summed E-state index contributed by atoms with van der Waals surface area (Å²) in [4.78, 5) is 0. The van der Waals surface area contributed by atoms with Crippen LogP contribution in [0.4, 0.5) is 0 Å². The summed E-state index contributed by atoms with van der Waals surface area (Å²) in [5.41, 5.74) is 1.61. The van der Waals surface area contributed by atoms with Crippen molar-refractivity contribution in [2.24, 2.45) is 0 Å². The van der Waals surface area contributed by atoms with Gasteiger partial charge < -0.3 is 4.57 Å². The van der Waals surface area contributed by atoms with Gasteiger partial charge in [-0.15, -0.1) is 5.10 Å². The first-order chi connectivity index (χ1) is 5.00. The maximum absolute atomic E-state index is 11.5. The molecule has 0 radical (unpaired) electrons. The third kappa shape index (κ3) is 2.12. The molecule has 1 rings (SSSR count). The quantitative estimate of drug-likeness (QED) is 0.591. The van der Waals surface area contributed by atoms with Gasteiger partial charge in [0.1, 0.15) is 12.6 Å². The molecule has 1 heterocycles. The molecule has 60 valence electrons. The minimum Gasteiger partial charge on any atom is -0.318 e. The van der Waals surface area contributed by atoms with E-state index in [0.717, 1.165) is 5.56 Å². The van der Waals surface area contributed by atoms with Gasteiger partial charge in [0.05, 0.1) is 6.20 Å². The van der Waals surface area contributed by atoms with Gasteiger partial charge in [-0.25, -0.2) is 0 Å². The fraction of sp³-hybridized carbons (Fsp3) is 0.429. The lowest BCUT2D eigenvalue weighted by molar-refractivity contribution is 0.587. The number of hydrogen-bond acceptors (Lipinski definition) is 3. The number of nitrogens with zero attached hydrogens (tertiary/aromatic N) is 2. The Hall–Kier alpha value is -0.690. The van der Waals surface area contributed by atoms with Crippen molar-refractivity contribution in [3.8, 4) is 0 Å². The molecule has 0 aliphatic carbocycles. The zero-order valence-electron chi connectivity index (χ0n) is 6.90. The van der Waals surface area contributed by atoms with Crippen LogP contribution in [0.15, 0.2) is 12.3 Å². The van der Waals surface area contributed by atoms with Crippen molar-refractivity contribution >= 4 is 12.6 Å². The normalized spacial score (nSPS) is 11.5. The van der Waals surface area contributed by atoms with Gasteiger partial charge in [-0.2, -0.15) is 5.10 Å². The van der Waals surface area contributed by atoms with E-state index in [4.69, 9.17) is 0 Å². The summed E-state index contributed by atoms with van der Waals surface area (Å²) < 4.78 is 11.5. The van der Waals surface area contributed by atoms with Crippen LogP contribution < -0.4 is 5.44 Å². The SMILES string of the molecule is Cc1cnnc(P(C)(C)=O)c1. The van der Waals surface area contributed by atoms with Crippen LogP contribution in [-0.4, -0.2) is 23.5 Å². The molecule has 4 heteroatoms. The summed E-state index contributed by atoms with van der Waals surface area (Å²) >= 11 is 0. The average molecular weight is 170 g/mol. The molecule has 0 fully saturated rings. The fourth-order valence-electron chi connectivity index (χ4n) is 0.712. The van der Waals surface area contributed by atoms with E-state index >= 15 is 0 Å². The molecule has 11 heavy (non-hydrogen) atoms. The van der Waals surface area contributed by atoms with E-state index in [9.17, 15) is 4.57 Å². The topological polar surface area (TPSA) is 42.9 Å². The average Bonchev–Trinajstić information content (AvgIpc) is 1.86. The molecule has 0 spiro atoms. The van der Waals surface area contributed by atoms with Gasteiger partial charge in [0.2, 0.25) is 0 Å². The molecule has 0 saturated carbocycles. The van der Waals surface area contributed by atoms with Gasteiger partial charge in [-0.3, -0.25) is 0 Å². The van der Waals surface area contributed by atoms with Crippen LogP contribution in [0.3, 0.4) is 0 Å². The summed E-state index contributed by atoms with van der Waals surface area (Å²) in [5, 5.41) is 7.53. The van der Waals surface area contributed by atoms with Crippen molar-refractivity contribution < 1.29 is 4.57 Å². The first-order valence-electron chi connectivity index (χ1n) is 3.35. The first-order valence-corrected chi connectivity index (χ1v) is 5.95. The van der Waals surface area contributed by atoms with Crippen LogP contribution in [-0.2, 0) is 4.57 Å². The maximum atomic E-state index is 11.5. The van der Waals surface area contributed by atoms with E-state index in [0.29, 0.717) is 5.44 Å².